The Hall–Kier alpha value is -3.13. The number of aromatic nitrogens is 1. The SMILES string of the molecule is CCN(c1cc2c(c3c1c(=O)c1cc4ccccc4cc1n3C)C(O)C(O)C(C)(C)O2)N(C)C. The zero-order chi connectivity index (χ0) is 24.5. The second-order valence-corrected chi connectivity index (χ2v) is 9.79. The molecule has 0 amide bonds. The topological polar surface area (TPSA) is 78.2 Å². The Balaban J connectivity index is 2.02. The standard InChI is InChI=1S/C27H31N3O4/c1-7-30(28(4)5)19-14-20-22(25(32)26(33)27(2,3)34-20)23-21(19)24(31)17-12-15-10-8-9-11-16(15)13-18(17)29(23)6/h8-14,25-26,32-33H,7H2,1-6H3. The Bertz CT molecular complexity index is 1510. The first kappa shape index (κ1) is 22.7. The third-order valence-corrected chi connectivity index (χ3v) is 7.05. The van der Waals surface area contributed by atoms with Crippen molar-refractivity contribution in [2.45, 2.75) is 38.6 Å². The quantitative estimate of drug-likeness (QED) is 0.358. The number of hydrogen-bond acceptors (Lipinski definition) is 6. The molecule has 0 aliphatic carbocycles. The average Bonchev–Trinajstić information content (AvgIpc) is 2.79. The summed E-state index contributed by atoms with van der Waals surface area (Å²) >= 11 is 0. The third kappa shape index (κ3) is 3.11. The number of ether oxygens (including phenoxy) is 1. The van der Waals surface area contributed by atoms with Crippen LogP contribution in [0.5, 0.6) is 5.75 Å². The molecule has 7 heteroatoms. The smallest absolute Gasteiger partial charge is 0.199 e. The summed E-state index contributed by atoms with van der Waals surface area (Å²) in [5, 5.41) is 29.2. The number of pyridine rings is 1. The van der Waals surface area contributed by atoms with Gasteiger partial charge in [-0.1, -0.05) is 24.3 Å². The molecule has 1 aliphatic rings. The van der Waals surface area contributed by atoms with Crippen LogP contribution in [0.15, 0.2) is 47.3 Å². The summed E-state index contributed by atoms with van der Waals surface area (Å²) in [5.74, 6) is 0.473. The Morgan fingerprint density at radius 3 is 2.35 bits per heavy atom. The van der Waals surface area contributed by atoms with Crippen molar-refractivity contribution < 1.29 is 14.9 Å². The minimum Gasteiger partial charge on any atom is -0.484 e. The molecule has 7 nitrogen and oxygen atoms in total. The fourth-order valence-corrected chi connectivity index (χ4v) is 5.29. The number of aryl methyl sites for hydroxylation is 1. The van der Waals surface area contributed by atoms with Crippen molar-refractivity contribution in [2.24, 2.45) is 7.05 Å². The summed E-state index contributed by atoms with van der Waals surface area (Å²) in [5.41, 5.74) is 1.38. The maximum Gasteiger partial charge on any atom is 0.199 e. The number of hydrazine groups is 1. The average molecular weight is 462 g/mol. The van der Waals surface area contributed by atoms with E-state index in [0.717, 1.165) is 16.3 Å². The van der Waals surface area contributed by atoms with Gasteiger partial charge in [-0.25, -0.2) is 5.01 Å². The number of nitrogens with zero attached hydrogens (tertiary/aromatic N) is 3. The Morgan fingerprint density at radius 1 is 1.09 bits per heavy atom. The first-order valence-electron chi connectivity index (χ1n) is 11.6. The van der Waals surface area contributed by atoms with Crippen LogP contribution in [0.4, 0.5) is 5.69 Å². The van der Waals surface area contributed by atoms with Crippen LogP contribution in [0.3, 0.4) is 0 Å². The molecule has 2 atom stereocenters. The molecule has 0 bridgehead atoms. The van der Waals surface area contributed by atoms with Gasteiger partial charge in [0, 0.05) is 44.7 Å². The highest BCUT2D eigenvalue weighted by Crippen LogP contribution is 2.46. The number of rotatable bonds is 3. The molecule has 0 spiro atoms. The largest absolute Gasteiger partial charge is 0.484 e. The van der Waals surface area contributed by atoms with Gasteiger partial charge < -0.3 is 24.5 Å². The summed E-state index contributed by atoms with van der Waals surface area (Å²) in [7, 11) is 5.75. The molecule has 0 saturated heterocycles. The molecule has 4 aromatic rings. The van der Waals surface area contributed by atoms with E-state index >= 15 is 0 Å². The Kier molecular flexibility index (Phi) is 5.13. The van der Waals surface area contributed by atoms with Crippen LogP contribution in [-0.4, -0.2) is 52.1 Å². The lowest BCUT2D eigenvalue weighted by Gasteiger charge is -2.41. The van der Waals surface area contributed by atoms with Gasteiger partial charge in [0.1, 0.15) is 23.6 Å². The second-order valence-electron chi connectivity index (χ2n) is 9.79. The van der Waals surface area contributed by atoms with Gasteiger partial charge in [-0.2, -0.15) is 0 Å². The molecule has 0 fully saturated rings. The lowest BCUT2D eigenvalue weighted by molar-refractivity contribution is -0.111. The van der Waals surface area contributed by atoms with Gasteiger partial charge >= 0.3 is 0 Å². The van der Waals surface area contributed by atoms with Gasteiger partial charge in [0.15, 0.2) is 5.43 Å². The first-order valence-corrected chi connectivity index (χ1v) is 11.6. The molecule has 0 radical (unpaired) electrons. The molecular formula is C27H31N3O4. The van der Waals surface area contributed by atoms with Crippen molar-refractivity contribution >= 4 is 38.3 Å². The van der Waals surface area contributed by atoms with E-state index in [1.54, 1.807) is 13.8 Å². The van der Waals surface area contributed by atoms with Crippen LogP contribution in [0.1, 0.15) is 32.4 Å². The van der Waals surface area contributed by atoms with Crippen LogP contribution >= 0.6 is 0 Å². The zero-order valence-electron chi connectivity index (χ0n) is 20.5. The predicted molar refractivity (Wildman–Crippen MR) is 137 cm³/mol. The molecule has 1 aromatic heterocycles. The highest BCUT2D eigenvalue weighted by Gasteiger charge is 2.44. The van der Waals surface area contributed by atoms with Crippen LogP contribution in [-0.2, 0) is 7.05 Å². The van der Waals surface area contributed by atoms with E-state index in [-0.39, 0.29) is 5.43 Å². The summed E-state index contributed by atoms with van der Waals surface area (Å²) in [6.07, 6.45) is -2.35. The molecular weight excluding hydrogens is 430 g/mol. The second kappa shape index (κ2) is 7.70. The van der Waals surface area contributed by atoms with Crippen molar-refractivity contribution in [2.75, 3.05) is 25.6 Å². The van der Waals surface area contributed by atoms with E-state index in [4.69, 9.17) is 4.74 Å². The fourth-order valence-electron chi connectivity index (χ4n) is 5.29. The van der Waals surface area contributed by atoms with Crippen molar-refractivity contribution in [3.63, 3.8) is 0 Å². The number of hydrogen-bond donors (Lipinski definition) is 2. The maximum atomic E-state index is 14.1. The van der Waals surface area contributed by atoms with E-state index in [0.29, 0.717) is 39.8 Å². The van der Waals surface area contributed by atoms with E-state index in [1.165, 1.54) is 0 Å². The molecule has 5 rings (SSSR count). The molecule has 3 aromatic carbocycles. The summed E-state index contributed by atoms with van der Waals surface area (Å²) < 4.78 is 8.18. The van der Waals surface area contributed by atoms with Gasteiger partial charge in [-0.05, 0) is 43.7 Å². The lowest BCUT2D eigenvalue weighted by atomic mass is 9.86. The van der Waals surface area contributed by atoms with Gasteiger partial charge in [0.25, 0.3) is 0 Å². The summed E-state index contributed by atoms with van der Waals surface area (Å²) in [6, 6.07) is 13.7. The third-order valence-electron chi connectivity index (χ3n) is 7.05. The molecule has 2 N–H and O–H groups in total. The molecule has 2 heterocycles. The van der Waals surface area contributed by atoms with Gasteiger partial charge in [-0.15, -0.1) is 0 Å². The minimum atomic E-state index is -1.20. The van der Waals surface area contributed by atoms with Crippen LogP contribution in [0.2, 0.25) is 0 Å². The number of aliphatic hydroxyl groups is 2. The predicted octanol–water partition coefficient (Wildman–Crippen LogP) is 3.71. The van der Waals surface area contributed by atoms with E-state index < -0.39 is 17.8 Å². The maximum absolute atomic E-state index is 14.1. The number of benzene rings is 3. The van der Waals surface area contributed by atoms with Crippen LogP contribution in [0.25, 0.3) is 32.6 Å². The van der Waals surface area contributed by atoms with Crippen LogP contribution < -0.4 is 15.2 Å². The minimum absolute atomic E-state index is 0.113. The Morgan fingerprint density at radius 2 is 1.74 bits per heavy atom. The first-order chi connectivity index (χ1) is 16.1. The van der Waals surface area contributed by atoms with Crippen molar-refractivity contribution in [1.82, 2.24) is 9.58 Å². The highest BCUT2D eigenvalue weighted by molar-refractivity contribution is 6.06. The van der Waals surface area contributed by atoms with Crippen molar-refractivity contribution in [3.8, 4) is 5.75 Å². The van der Waals surface area contributed by atoms with E-state index in [9.17, 15) is 15.0 Å². The van der Waals surface area contributed by atoms with E-state index in [2.05, 4.69) is 0 Å². The monoisotopic (exact) mass is 461 g/mol. The summed E-state index contributed by atoms with van der Waals surface area (Å²) in [6.45, 7) is 6.16. The number of aliphatic hydroxyl groups excluding tert-OH is 2. The van der Waals surface area contributed by atoms with Gasteiger partial charge in [-0.3, -0.25) is 4.79 Å². The number of anilines is 1. The fraction of sp³-hybridized carbons (Fsp3) is 0.370. The Labute approximate surface area is 198 Å². The van der Waals surface area contributed by atoms with Crippen molar-refractivity contribution in [1.29, 1.82) is 0 Å². The summed E-state index contributed by atoms with van der Waals surface area (Å²) in [4.78, 5) is 14.1. The number of fused-ring (bicyclic) bond motifs is 5. The molecule has 0 saturated carbocycles. The van der Waals surface area contributed by atoms with E-state index in [1.807, 2.05) is 85.1 Å². The highest BCUT2D eigenvalue weighted by atomic mass is 16.5. The molecule has 1 aliphatic heterocycles. The molecule has 34 heavy (non-hydrogen) atoms. The normalized spacial score (nSPS) is 19.6. The molecule has 178 valence electrons. The zero-order valence-corrected chi connectivity index (χ0v) is 20.5. The van der Waals surface area contributed by atoms with Gasteiger partial charge in [0.2, 0.25) is 0 Å². The lowest BCUT2D eigenvalue weighted by Crippen LogP contribution is -2.49. The van der Waals surface area contributed by atoms with Crippen LogP contribution in [0, 0.1) is 0 Å². The van der Waals surface area contributed by atoms with Gasteiger partial charge in [0.05, 0.1) is 22.1 Å². The van der Waals surface area contributed by atoms with Crippen molar-refractivity contribution in [3.05, 3.63) is 58.3 Å². The molecule has 2 unspecified atom stereocenters.